The maximum Gasteiger partial charge on any atom is 0.341 e. The Kier molecular flexibility index (Phi) is 4.95. The Morgan fingerprint density at radius 1 is 1.19 bits per heavy atom. The summed E-state index contributed by atoms with van der Waals surface area (Å²) in [7, 11) is 0. The van der Waals surface area contributed by atoms with E-state index in [2.05, 4.69) is 4.98 Å². The lowest BCUT2D eigenvalue weighted by Gasteiger charge is -2.19. The topological polar surface area (TPSA) is 57.0 Å². The van der Waals surface area contributed by atoms with Gasteiger partial charge in [-0.05, 0) is 39.8 Å². The smallest absolute Gasteiger partial charge is 0.341 e. The van der Waals surface area contributed by atoms with Crippen molar-refractivity contribution in [2.45, 2.75) is 33.2 Å². The molecule has 0 fully saturated rings. The molecule has 3 aromatic rings. The molecule has 0 aliphatic heterocycles. The van der Waals surface area contributed by atoms with E-state index >= 15 is 0 Å². The second-order valence-corrected chi connectivity index (χ2v) is 7.66. The van der Waals surface area contributed by atoms with E-state index in [4.69, 9.17) is 33.0 Å². The Balaban J connectivity index is 2.33. The van der Waals surface area contributed by atoms with E-state index in [0.29, 0.717) is 21.7 Å². The maximum atomic E-state index is 12.2. The minimum Gasteiger partial charge on any atom is -0.462 e. The summed E-state index contributed by atoms with van der Waals surface area (Å²) in [6.45, 7) is 8.09. The summed E-state index contributed by atoms with van der Waals surface area (Å²) < 4.78 is 6.90. The third-order valence-electron chi connectivity index (χ3n) is 3.88. The molecule has 26 heavy (non-hydrogen) atoms. The van der Waals surface area contributed by atoms with Crippen LogP contribution in [0.15, 0.2) is 30.5 Å². The summed E-state index contributed by atoms with van der Waals surface area (Å²) in [4.78, 5) is 16.7. The number of benzene rings is 1. The van der Waals surface area contributed by atoms with Crippen LogP contribution < -0.4 is 0 Å². The van der Waals surface area contributed by atoms with Crippen molar-refractivity contribution in [2.24, 2.45) is 0 Å². The van der Waals surface area contributed by atoms with Crippen molar-refractivity contribution in [3.63, 3.8) is 0 Å². The van der Waals surface area contributed by atoms with E-state index in [1.165, 1.54) is 6.20 Å². The van der Waals surface area contributed by atoms with Crippen molar-refractivity contribution in [3.8, 4) is 11.3 Å². The lowest BCUT2D eigenvalue weighted by Crippen LogP contribution is -2.23. The molecule has 5 nitrogen and oxygen atoms in total. The highest BCUT2D eigenvalue weighted by Gasteiger charge is 2.26. The first kappa shape index (κ1) is 18.7. The zero-order chi connectivity index (χ0) is 19.1. The van der Waals surface area contributed by atoms with Gasteiger partial charge in [-0.1, -0.05) is 35.3 Å². The van der Waals surface area contributed by atoms with E-state index in [0.717, 1.165) is 5.56 Å². The van der Waals surface area contributed by atoms with Gasteiger partial charge < -0.3 is 4.74 Å². The van der Waals surface area contributed by atoms with Crippen LogP contribution in [0.1, 0.15) is 38.1 Å². The average Bonchev–Trinajstić information content (AvgIpc) is 2.97. The zero-order valence-electron chi connectivity index (χ0n) is 15.0. The predicted octanol–water partition coefficient (Wildman–Crippen LogP) is 5.34. The summed E-state index contributed by atoms with van der Waals surface area (Å²) in [6.07, 6.45) is 1.44. The van der Waals surface area contributed by atoms with Crippen molar-refractivity contribution in [3.05, 3.63) is 46.1 Å². The van der Waals surface area contributed by atoms with Crippen LogP contribution in [-0.4, -0.2) is 27.3 Å². The number of aromatic nitrogens is 3. The molecule has 0 atom stereocenters. The number of hydrogen-bond acceptors (Lipinski definition) is 4. The maximum absolute atomic E-state index is 12.2. The third-order valence-corrected chi connectivity index (χ3v) is 4.53. The summed E-state index contributed by atoms with van der Waals surface area (Å²) >= 11 is 12.6. The lowest BCUT2D eigenvalue weighted by atomic mass is 10.1. The summed E-state index contributed by atoms with van der Waals surface area (Å²) in [5, 5.41) is 6.28. The van der Waals surface area contributed by atoms with E-state index in [1.54, 1.807) is 19.1 Å². The highest BCUT2D eigenvalue weighted by molar-refractivity contribution is 6.39. The number of ether oxygens (including phenoxy) is 1. The van der Waals surface area contributed by atoms with E-state index in [9.17, 15) is 4.79 Å². The number of esters is 1. The van der Waals surface area contributed by atoms with Crippen molar-refractivity contribution in [2.75, 3.05) is 6.61 Å². The highest BCUT2D eigenvalue weighted by Crippen LogP contribution is 2.37. The predicted molar refractivity (Wildman–Crippen MR) is 104 cm³/mol. The Morgan fingerprint density at radius 3 is 2.42 bits per heavy atom. The molecule has 0 unspecified atom stereocenters. The molecule has 0 radical (unpaired) electrons. The molecule has 136 valence electrons. The minimum atomic E-state index is -0.502. The van der Waals surface area contributed by atoms with E-state index < -0.39 is 5.97 Å². The number of carbonyl (C=O) groups excluding carboxylic acids is 1. The molecule has 0 N–H and O–H groups in total. The third kappa shape index (κ3) is 3.29. The Morgan fingerprint density at radius 2 is 1.85 bits per heavy atom. The first-order valence-electron chi connectivity index (χ1n) is 8.24. The molecule has 2 aromatic heterocycles. The van der Waals surface area contributed by atoms with Crippen LogP contribution in [0, 0.1) is 0 Å². The SMILES string of the molecule is CCOC(=O)c1cnc2c(c(-c3ccc(Cl)cc3)nn2C(C)(C)C)c1Cl. The van der Waals surface area contributed by atoms with Gasteiger partial charge in [-0.25, -0.2) is 14.5 Å². The second kappa shape index (κ2) is 6.89. The molecule has 3 rings (SSSR count). The van der Waals surface area contributed by atoms with Gasteiger partial charge in [0.1, 0.15) is 5.69 Å². The number of hydrogen-bond donors (Lipinski definition) is 0. The number of pyridine rings is 1. The second-order valence-electron chi connectivity index (χ2n) is 6.84. The largest absolute Gasteiger partial charge is 0.462 e. The van der Waals surface area contributed by atoms with Crippen LogP contribution >= 0.6 is 23.2 Å². The van der Waals surface area contributed by atoms with Gasteiger partial charge in [0.25, 0.3) is 0 Å². The summed E-state index contributed by atoms with van der Waals surface area (Å²) in [6, 6.07) is 7.31. The average molecular weight is 392 g/mol. The van der Waals surface area contributed by atoms with Gasteiger partial charge >= 0.3 is 5.97 Å². The van der Waals surface area contributed by atoms with Crippen LogP contribution in [0.2, 0.25) is 10.0 Å². The number of nitrogens with zero attached hydrogens (tertiary/aromatic N) is 3. The molecule has 0 aliphatic rings. The molecular weight excluding hydrogens is 373 g/mol. The van der Waals surface area contributed by atoms with Crippen molar-refractivity contribution >= 4 is 40.2 Å². The molecule has 0 saturated carbocycles. The van der Waals surface area contributed by atoms with Crippen LogP contribution in [0.3, 0.4) is 0 Å². The van der Waals surface area contributed by atoms with Crippen LogP contribution in [0.25, 0.3) is 22.3 Å². The molecule has 0 bridgehead atoms. The molecule has 0 saturated heterocycles. The fourth-order valence-electron chi connectivity index (χ4n) is 2.68. The van der Waals surface area contributed by atoms with Gasteiger partial charge in [0.15, 0.2) is 5.65 Å². The molecular formula is C19H19Cl2N3O2. The zero-order valence-corrected chi connectivity index (χ0v) is 16.5. The quantitative estimate of drug-likeness (QED) is 0.565. The molecule has 0 spiro atoms. The highest BCUT2D eigenvalue weighted by atomic mass is 35.5. The van der Waals surface area contributed by atoms with E-state index in [1.807, 2.05) is 37.6 Å². The van der Waals surface area contributed by atoms with Crippen molar-refractivity contribution in [1.29, 1.82) is 0 Å². The first-order valence-corrected chi connectivity index (χ1v) is 9.00. The fourth-order valence-corrected chi connectivity index (χ4v) is 3.10. The Bertz CT molecular complexity index is 973. The number of rotatable bonds is 3. The van der Waals surface area contributed by atoms with Crippen molar-refractivity contribution < 1.29 is 9.53 Å². The Labute approximate surface area is 161 Å². The van der Waals surface area contributed by atoms with Gasteiger partial charge in [-0.2, -0.15) is 5.10 Å². The molecule has 0 aliphatic carbocycles. The summed E-state index contributed by atoms with van der Waals surface area (Å²) in [5.74, 6) is -0.502. The summed E-state index contributed by atoms with van der Waals surface area (Å²) in [5.41, 5.74) is 2.01. The minimum absolute atomic E-state index is 0.227. The normalized spacial score (nSPS) is 11.8. The number of halogens is 2. The van der Waals surface area contributed by atoms with Crippen LogP contribution in [0.5, 0.6) is 0 Å². The lowest BCUT2D eigenvalue weighted by molar-refractivity contribution is 0.0526. The standard InChI is InChI=1S/C19H19Cl2N3O2/c1-5-26-18(25)13-10-22-17-14(15(13)21)16(23-24(17)19(2,3)4)11-6-8-12(20)9-7-11/h6-10H,5H2,1-4H3. The van der Waals surface area contributed by atoms with Crippen LogP contribution in [-0.2, 0) is 10.3 Å². The van der Waals surface area contributed by atoms with Crippen LogP contribution in [0.4, 0.5) is 0 Å². The number of fused-ring (bicyclic) bond motifs is 1. The Hall–Kier alpha value is -2.11. The van der Waals surface area contributed by atoms with Gasteiger partial charge in [0.05, 0.1) is 28.1 Å². The first-order chi connectivity index (χ1) is 12.2. The van der Waals surface area contributed by atoms with Gasteiger partial charge in [-0.15, -0.1) is 0 Å². The molecule has 0 amide bonds. The monoisotopic (exact) mass is 391 g/mol. The number of carbonyl (C=O) groups is 1. The fraction of sp³-hybridized carbons (Fsp3) is 0.316. The van der Waals surface area contributed by atoms with Gasteiger partial charge in [0.2, 0.25) is 0 Å². The van der Waals surface area contributed by atoms with Crippen molar-refractivity contribution in [1.82, 2.24) is 14.8 Å². The van der Waals surface area contributed by atoms with E-state index in [-0.39, 0.29) is 22.7 Å². The molecule has 1 aromatic carbocycles. The molecule has 2 heterocycles. The van der Waals surface area contributed by atoms with Gasteiger partial charge in [0, 0.05) is 16.8 Å². The molecule has 7 heteroatoms. The van der Waals surface area contributed by atoms with Gasteiger partial charge in [-0.3, -0.25) is 0 Å².